The van der Waals surface area contributed by atoms with Crippen molar-refractivity contribution >= 4 is 5.97 Å². The van der Waals surface area contributed by atoms with Gasteiger partial charge in [-0.1, -0.05) is 6.92 Å². The number of carbonyl (C=O) groups excluding carboxylic acids is 1. The number of rotatable bonds is 2. The van der Waals surface area contributed by atoms with Crippen molar-refractivity contribution in [3.05, 3.63) is 0 Å². The molecule has 78 valence electrons. The molecule has 1 N–H and O–H groups in total. The van der Waals surface area contributed by atoms with Gasteiger partial charge in [0.05, 0.1) is 12.7 Å². The van der Waals surface area contributed by atoms with Crippen molar-refractivity contribution < 1.29 is 14.6 Å². The van der Waals surface area contributed by atoms with E-state index in [0.29, 0.717) is 13.2 Å². The van der Waals surface area contributed by atoms with Gasteiger partial charge in [-0.05, 0) is 13.3 Å². The van der Waals surface area contributed by atoms with E-state index in [9.17, 15) is 4.79 Å². The normalized spacial score (nSPS) is 6.46. The van der Waals surface area contributed by atoms with Crippen LogP contribution in [-0.2, 0) is 9.53 Å². The first-order valence-corrected chi connectivity index (χ1v) is 4.15. The number of nitriles is 1. The standard InChI is InChI=1S/C4H8O2.C3H8O.C2H3N/c1-3-6-4(2)5;1-2-3-4;1-2-3/h3H2,1-2H3;4H,2-3H2,1H3;1H3. The molecule has 0 rings (SSSR count). The van der Waals surface area contributed by atoms with Crippen molar-refractivity contribution in [3.63, 3.8) is 0 Å². The summed E-state index contributed by atoms with van der Waals surface area (Å²) in [5.74, 6) is -0.211. The van der Waals surface area contributed by atoms with Crippen LogP contribution in [0.1, 0.15) is 34.1 Å². The Bertz CT molecular complexity index is 127. The highest BCUT2D eigenvalue weighted by molar-refractivity contribution is 5.65. The smallest absolute Gasteiger partial charge is 0.302 e. The Morgan fingerprint density at radius 3 is 1.85 bits per heavy atom. The molecule has 4 nitrogen and oxygen atoms in total. The molecular formula is C9H19NO3. The first-order valence-electron chi connectivity index (χ1n) is 4.15. The van der Waals surface area contributed by atoms with Crippen LogP contribution in [0.4, 0.5) is 0 Å². The zero-order chi connectivity index (χ0) is 11.1. The zero-order valence-electron chi connectivity index (χ0n) is 8.83. The Kier molecular flexibility index (Phi) is 30.8. The molecule has 0 saturated carbocycles. The Morgan fingerprint density at radius 2 is 1.85 bits per heavy atom. The predicted octanol–water partition coefficient (Wildman–Crippen LogP) is 1.49. The summed E-state index contributed by atoms with van der Waals surface area (Å²) in [5, 5.41) is 15.2. The summed E-state index contributed by atoms with van der Waals surface area (Å²) in [6.45, 7) is 7.33. The number of nitrogens with zero attached hydrogens (tertiary/aromatic N) is 1. The topological polar surface area (TPSA) is 70.3 Å². The van der Waals surface area contributed by atoms with Crippen molar-refractivity contribution in [2.75, 3.05) is 13.2 Å². The molecule has 0 aromatic carbocycles. The Labute approximate surface area is 80.1 Å². The largest absolute Gasteiger partial charge is 0.466 e. The van der Waals surface area contributed by atoms with Gasteiger partial charge in [-0.25, -0.2) is 0 Å². The Hall–Kier alpha value is -1.08. The van der Waals surface area contributed by atoms with Gasteiger partial charge >= 0.3 is 5.97 Å². The number of aliphatic hydroxyl groups is 1. The lowest BCUT2D eigenvalue weighted by Gasteiger charge is -1.89. The lowest BCUT2D eigenvalue weighted by atomic mass is 10.5. The molecule has 0 bridgehead atoms. The summed E-state index contributed by atoms with van der Waals surface area (Å²) in [4.78, 5) is 9.82. The fourth-order valence-corrected chi connectivity index (χ4v) is 0.203. The summed E-state index contributed by atoms with van der Waals surface area (Å²) < 4.78 is 4.40. The average Bonchev–Trinajstić information content (AvgIpc) is 2.06. The second kappa shape index (κ2) is 22.4. The van der Waals surface area contributed by atoms with Crippen molar-refractivity contribution in [3.8, 4) is 6.07 Å². The molecule has 4 heteroatoms. The lowest BCUT2D eigenvalue weighted by molar-refractivity contribution is -0.140. The van der Waals surface area contributed by atoms with E-state index in [-0.39, 0.29) is 5.97 Å². The minimum atomic E-state index is -0.211. The van der Waals surface area contributed by atoms with E-state index in [0.717, 1.165) is 6.42 Å². The van der Waals surface area contributed by atoms with Crippen LogP contribution in [0, 0.1) is 11.3 Å². The molecule has 13 heavy (non-hydrogen) atoms. The second-order valence-corrected chi connectivity index (χ2v) is 1.87. The van der Waals surface area contributed by atoms with Gasteiger partial charge in [0.25, 0.3) is 0 Å². The van der Waals surface area contributed by atoms with Crippen LogP contribution in [0.5, 0.6) is 0 Å². The molecule has 0 aliphatic heterocycles. The number of hydrogen-bond donors (Lipinski definition) is 1. The summed E-state index contributed by atoms with van der Waals surface area (Å²) in [6.07, 6.45) is 0.875. The van der Waals surface area contributed by atoms with E-state index in [1.165, 1.54) is 13.8 Å². The third kappa shape index (κ3) is 102. The van der Waals surface area contributed by atoms with Crippen LogP contribution in [-0.4, -0.2) is 24.3 Å². The highest BCUT2D eigenvalue weighted by Crippen LogP contribution is 1.69. The molecule has 0 amide bonds. The van der Waals surface area contributed by atoms with Crippen LogP contribution in [0.25, 0.3) is 0 Å². The second-order valence-electron chi connectivity index (χ2n) is 1.87. The van der Waals surface area contributed by atoms with Gasteiger partial charge in [-0.2, -0.15) is 5.26 Å². The Morgan fingerprint density at radius 1 is 1.54 bits per heavy atom. The fraction of sp³-hybridized carbons (Fsp3) is 0.778. The fourth-order valence-electron chi connectivity index (χ4n) is 0.203. The van der Waals surface area contributed by atoms with Crippen LogP contribution in [0.15, 0.2) is 0 Å². The van der Waals surface area contributed by atoms with Gasteiger partial charge in [0, 0.05) is 20.5 Å². The maximum absolute atomic E-state index is 9.82. The number of hydrogen-bond acceptors (Lipinski definition) is 4. The number of ether oxygens (including phenoxy) is 1. The average molecular weight is 189 g/mol. The van der Waals surface area contributed by atoms with E-state index in [4.69, 9.17) is 10.4 Å². The van der Waals surface area contributed by atoms with Crippen molar-refractivity contribution in [2.24, 2.45) is 0 Å². The predicted molar refractivity (Wildman–Crippen MR) is 51.0 cm³/mol. The van der Waals surface area contributed by atoms with Crippen LogP contribution in [0.3, 0.4) is 0 Å². The molecule has 0 spiro atoms. The number of aliphatic hydroxyl groups excluding tert-OH is 1. The first-order chi connectivity index (χ1) is 6.10. The van der Waals surface area contributed by atoms with E-state index in [1.807, 2.05) is 6.92 Å². The molecule has 0 unspecified atom stereocenters. The van der Waals surface area contributed by atoms with Gasteiger partial charge in [0.2, 0.25) is 0 Å². The summed E-state index contributed by atoms with van der Waals surface area (Å²) in [5.41, 5.74) is 0. The van der Waals surface area contributed by atoms with Gasteiger partial charge in [-0.3, -0.25) is 4.79 Å². The van der Waals surface area contributed by atoms with Gasteiger partial charge < -0.3 is 9.84 Å². The minimum Gasteiger partial charge on any atom is -0.466 e. The van der Waals surface area contributed by atoms with Crippen LogP contribution >= 0.6 is 0 Å². The zero-order valence-corrected chi connectivity index (χ0v) is 8.83. The lowest BCUT2D eigenvalue weighted by Crippen LogP contribution is -1.95. The highest BCUT2D eigenvalue weighted by atomic mass is 16.5. The highest BCUT2D eigenvalue weighted by Gasteiger charge is 1.81. The van der Waals surface area contributed by atoms with E-state index in [1.54, 1.807) is 13.0 Å². The molecule has 0 saturated heterocycles. The maximum atomic E-state index is 9.82. The quantitative estimate of drug-likeness (QED) is 0.668. The molecule has 0 aromatic heterocycles. The van der Waals surface area contributed by atoms with Crippen LogP contribution in [0.2, 0.25) is 0 Å². The van der Waals surface area contributed by atoms with Gasteiger partial charge in [-0.15, -0.1) is 0 Å². The molecule has 0 aliphatic rings. The summed E-state index contributed by atoms with van der Waals surface area (Å²) in [6, 6.07) is 1.75. The molecule has 0 radical (unpaired) electrons. The third-order valence-electron chi connectivity index (χ3n) is 0.571. The van der Waals surface area contributed by atoms with Crippen molar-refractivity contribution in [1.29, 1.82) is 5.26 Å². The molecule has 0 atom stereocenters. The number of carbonyl (C=O) groups is 1. The maximum Gasteiger partial charge on any atom is 0.302 e. The van der Waals surface area contributed by atoms with Crippen molar-refractivity contribution in [2.45, 2.75) is 34.1 Å². The van der Waals surface area contributed by atoms with Gasteiger partial charge in [0.1, 0.15) is 0 Å². The molecule has 0 aliphatic carbocycles. The summed E-state index contributed by atoms with van der Waals surface area (Å²) >= 11 is 0. The third-order valence-corrected chi connectivity index (χ3v) is 0.571. The Balaban J connectivity index is -0.000000125. The summed E-state index contributed by atoms with van der Waals surface area (Å²) in [7, 11) is 0. The molecular weight excluding hydrogens is 170 g/mol. The molecule has 0 heterocycles. The van der Waals surface area contributed by atoms with Gasteiger partial charge in [0.15, 0.2) is 0 Å². The van der Waals surface area contributed by atoms with E-state index in [2.05, 4.69) is 4.74 Å². The minimum absolute atomic E-state index is 0.211. The van der Waals surface area contributed by atoms with Crippen molar-refractivity contribution in [1.82, 2.24) is 0 Å². The van der Waals surface area contributed by atoms with Crippen LogP contribution < -0.4 is 0 Å². The monoisotopic (exact) mass is 189 g/mol. The first kappa shape index (κ1) is 17.9. The van der Waals surface area contributed by atoms with E-state index >= 15 is 0 Å². The number of esters is 1. The van der Waals surface area contributed by atoms with E-state index < -0.39 is 0 Å². The SMILES string of the molecule is CC#N.CCCO.CCOC(C)=O. The molecule has 0 fully saturated rings. The molecule has 0 aromatic rings.